The first kappa shape index (κ1) is 13.8. The van der Waals surface area contributed by atoms with Crippen molar-refractivity contribution in [1.29, 1.82) is 0 Å². The van der Waals surface area contributed by atoms with Crippen LogP contribution in [0.3, 0.4) is 0 Å². The molecule has 0 fully saturated rings. The van der Waals surface area contributed by atoms with Crippen LogP contribution in [0, 0.1) is 5.82 Å². The van der Waals surface area contributed by atoms with Crippen molar-refractivity contribution in [2.45, 2.75) is 0 Å². The van der Waals surface area contributed by atoms with Gasteiger partial charge in [0, 0.05) is 18.7 Å². The minimum absolute atomic E-state index is 0.0502. The molecule has 0 heterocycles. The van der Waals surface area contributed by atoms with Crippen molar-refractivity contribution in [3.8, 4) is 0 Å². The molecule has 0 aliphatic heterocycles. The van der Waals surface area contributed by atoms with E-state index >= 15 is 0 Å². The highest BCUT2D eigenvalue weighted by Crippen LogP contribution is 2.05. The molecule has 0 unspecified atom stereocenters. The Kier molecular flexibility index (Phi) is 5.25. The van der Waals surface area contributed by atoms with Crippen LogP contribution < -0.4 is 0 Å². The highest BCUT2D eigenvalue weighted by Gasteiger charge is 2.09. The van der Waals surface area contributed by atoms with Gasteiger partial charge in [0.05, 0.1) is 6.54 Å². The lowest BCUT2D eigenvalue weighted by atomic mass is 10.1. The molecular formula is C13H19FN2O. The molecule has 0 spiro atoms. The number of hydrogen-bond acceptors (Lipinski definition) is 3. The first-order chi connectivity index (χ1) is 7.99. The summed E-state index contributed by atoms with van der Waals surface area (Å²) in [4.78, 5) is 15.8. The Balaban J connectivity index is 2.49. The van der Waals surface area contributed by atoms with Gasteiger partial charge in [0.2, 0.25) is 0 Å². The lowest BCUT2D eigenvalue weighted by Gasteiger charge is -2.18. The molecule has 0 aliphatic rings. The molecule has 0 amide bonds. The van der Waals surface area contributed by atoms with Crippen molar-refractivity contribution >= 4 is 5.78 Å². The number of Topliss-reactive ketones (excluding diaryl/α,β-unsaturated/α-hetero) is 1. The van der Waals surface area contributed by atoms with Crippen molar-refractivity contribution < 1.29 is 9.18 Å². The summed E-state index contributed by atoms with van der Waals surface area (Å²) in [5.74, 6) is -0.419. The van der Waals surface area contributed by atoms with Gasteiger partial charge in [-0.3, -0.25) is 9.69 Å². The van der Waals surface area contributed by atoms with Crippen LogP contribution in [-0.2, 0) is 0 Å². The Labute approximate surface area is 102 Å². The monoisotopic (exact) mass is 238 g/mol. The molecule has 0 atom stereocenters. The summed E-state index contributed by atoms with van der Waals surface area (Å²) < 4.78 is 12.9. The predicted octanol–water partition coefficient (Wildman–Crippen LogP) is 1.50. The topological polar surface area (TPSA) is 23.6 Å². The fourth-order valence-electron chi connectivity index (χ4n) is 1.45. The molecule has 94 valence electrons. The standard InChI is InChI=1S/C13H19FN2O/c1-15(2)7-8-16(3)10-13(17)11-5-4-6-12(14)9-11/h4-6,9H,7-8,10H2,1-3H3. The van der Waals surface area contributed by atoms with Crippen molar-refractivity contribution in [2.24, 2.45) is 0 Å². The summed E-state index contributed by atoms with van der Waals surface area (Å²) in [5.41, 5.74) is 0.432. The molecule has 0 aliphatic carbocycles. The number of nitrogens with zero attached hydrogens (tertiary/aromatic N) is 2. The van der Waals surface area contributed by atoms with E-state index in [2.05, 4.69) is 4.90 Å². The quantitative estimate of drug-likeness (QED) is 0.702. The minimum Gasteiger partial charge on any atom is -0.308 e. The third-order valence-corrected chi connectivity index (χ3v) is 2.49. The molecule has 1 rings (SSSR count). The largest absolute Gasteiger partial charge is 0.308 e. The molecule has 17 heavy (non-hydrogen) atoms. The summed E-state index contributed by atoms with van der Waals surface area (Å²) >= 11 is 0. The maximum Gasteiger partial charge on any atom is 0.176 e. The zero-order valence-electron chi connectivity index (χ0n) is 10.6. The smallest absolute Gasteiger partial charge is 0.176 e. The van der Waals surface area contributed by atoms with Gasteiger partial charge < -0.3 is 4.90 Å². The maximum atomic E-state index is 12.9. The van der Waals surface area contributed by atoms with Gasteiger partial charge in [0.1, 0.15) is 5.82 Å². The number of carbonyl (C=O) groups is 1. The fourth-order valence-corrected chi connectivity index (χ4v) is 1.45. The van der Waals surface area contributed by atoms with Gasteiger partial charge in [-0.05, 0) is 33.3 Å². The first-order valence-electron chi connectivity index (χ1n) is 5.61. The third-order valence-electron chi connectivity index (χ3n) is 2.49. The molecule has 0 saturated carbocycles. The van der Waals surface area contributed by atoms with Crippen LogP contribution in [0.15, 0.2) is 24.3 Å². The lowest BCUT2D eigenvalue weighted by molar-refractivity contribution is 0.0942. The van der Waals surface area contributed by atoms with Gasteiger partial charge in [-0.25, -0.2) is 4.39 Å². The minimum atomic E-state index is -0.369. The average Bonchev–Trinajstić information content (AvgIpc) is 2.26. The number of rotatable bonds is 6. The first-order valence-corrected chi connectivity index (χ1v) is 5.61. The van der Waals surface area contributed by atoms with E-state index in [1.54, 1.807) is 12.1 Å². The van der Waals surface area contributed by atoms with E-state index in [1.165, 1.54) is 12.1 Å². The van der Waals surface area contributed by atoms with Gasteiger partial charge in [0.25, 0.3) is 0 Å². The Morgan fingerprint density at radius 2 is 1.94 bits per heavy atom. The number of carbonyl (C=O) groups excluding carboxylic acids is 1. The molecule has 1 aromatic carbocycles. The Hall–Kier alpha value is -1.26. The van der Waals surface area contributed by atoms with E-state index in [-0.39, 0.29) is 11.6 Å². The molecule has 0 bridgehead atoms. The van der Waals surface area contributed by atoms with Crippen LogP contribution in [0.5, 0.6) is 0 Å². The van der Waals surface area contributed by atoms with Crippen LogP contribution in [0.4, 0.5) is 4.39 Å². The molecule has 0 saturated heterocycles. The Morgan fingerprint density at radius 1 is 1.24 bits per heavy atom. The highest BCUT2D eigenvalue weighted by molar-refractivity contribution is 5.97. The van der Waals surface area contributed by atoms with Crippen LogP contribution >= 0.6 is 0 Å². The maximum absolute atomic E-state index is 12.9. The second-order valence-corrected chi connectivity index (χ2v) is 4.47. The lowest BCUT2D eigenvalue weighted by Crippen LogP contribution is -2.32. The van der Waals surface area contributed by atoms with Crippen LogP contribution in [0.25, 0.3) is 0 Å². The molecule has 3 nitrogen and oxygen atoms in total. The molecule has 4 heteroatoms. The highest BCUT2D eigenvalue weighted by atomic mass is 19.1. The number of benzene rings is 1. The van der Waals surface area contributed by atoms with Gasteiger partial charge in [-0.1, -0.05) is 12.1 Å². The predicted molar refractivity (Wildman–Crippen MR) is 66.8 cm³/mol. The summed E-state index contributed by atoms with van der Waals surface area (Å²) in [6, 6.07) is 5.82. The van der Waals surface area contributed by atoms with E-state index in [0.29, 0.717) is 12.1 Å². The van der Waals surface area contributed by atoms with Crippen LogP contribution in [0.1, 0.15) is 10.4 Å². The normalized spacial score (nSPS) is 11.2. The van der Waals surface area contributed by atoms with E-state index in [1.807, 2.05) is 26.0 Å². The van der Waals surface area contributed by atoms with Crippen molar-refractivity contribution in [2.75, 3.05) is 40.8 Å². The van der Waals surface area contributed by atoms with E-state index in [4.69, 9.17) is 0 Å². The van der Waals surface area contributed by atoms with Gasteiger partial charge in [-0.2, -0.15) is 0 Å². The molecule has 0 N–H and O–H groups in total. The number of hydrogen-bond donors (Lipinski definition) is 0. The number of ketones is 1. The average molecular weight is 238 g/mol. The zero-order chi connectivity index (χ0) is 12.8. The second kappa shape index (κ2) is 6.47. The SMILES string of the molecule is CN(C)CCN(C)CC(=O)c1cccc(F)c1. The molecule has 1 aromatic rings. The Morgan fingerprint density at radius 3 is 2.53 bits per heavy atom. The molecule has 0 aromatic heterocycles. The second-order valence-electron chi connectivity index (χ2n) is 4.47. The fraction of sp³-hybridized carbons (Fsp3) is 0.462. The van der Waals surface area contributed by atoms with Gasteiger partial charge >= 0.3 is 0 Å². The Bertz CT molecular complexity index is 379. The summed E-state index contributed by atoms with van der Waals surface area (Å²) in [6.45, 7) is 2.03. The van der Waals surface area contributed by atoms with E-state index in [9.17, 15) is 9.18 Å². The van der Waals surface area contributed by atoms with Crippen molar-refractivity contribution in [3.05, 3.63) is 35.6 Å². The molecular weight excluding hydrogens is 219 g/mol. The van der Waals surface area contributed by atoms with Crippen molar-refractivity contribution in [3.63, 3.8) is 0 Å². The van der Waals surface area contributed by atoms with E-state index in [0.717, 1.165) is 13.1 Å². The van der Waals surface area contributed by atoms with Crippen molar-refractivity contribution in [1.82, 2.24) is 9.80 Å². The van der Waals surface area contributed by atoms with Crippen LogP contribution in [0.2, 0.25) is 0 Å². The van der Waals surface area contributed by atoms with Crippen LogP contribution in [-0.4, -0.2) is 56.4 Å². The summed E-state index contributed by atoms with van der Waals surface area (Å²) in [6.07, 6.45) is 0. The van der Waals surface area contributed by atoms with E-state index < -0.39 is 0 Å². The summed E-state index contributed by atoms with van der Waals surface area (Å²) in [7, 11) is 5.87. The number of likely N-dealkylation sites (N-methyl/N-ethyl adjacent to an activating group) is 2. The number of halogens is 1. The zero-order valence-corrected chi connectivity index (χ0v) is 10.6. The van der Waals surface area contributed by atoms with Gasteiger partial charge in [-0.15, -0.1) is 0 Å². The summed E-state index contributed by atoms with van der Waals surface area (Å²) in [5, 5.41) is 0. The van der Waals surface area contributed by atoms with Gasteiger partial charge in [0.15, 0.2) is 5.78 Å². The third kappa shape index (κ3) is 5.06. The molecule has 0 radical (unpaired) electrons.